The summed E-state index contributed by atoms with van der Waals surface area (Å²) in [7, 11) is 0. The molecule has 118 valence electrons. The van der Waals surface area contributed by atoms with Gasteiger partial charge in [-0.3, -0.25) is 0 Å². The van der Waals surface area contributed by atoms with E-state index in [0.717, 1.165) is 31.3 Å². The van der Waals surface area contributed by atoms with Crippen LogP contribution in [0.1, 0.15) is 39.5 Å². The number of anilines is 2. The summed E-state index contributed by atoms with van der Waals surface area (Å²) in [5, 5.41) is 3.49. The zero-order valence-electron chi connectivity index (χ0n) is 13.6. The second-order valence-electron chi connectivity index (χ2n) is 6.67. The Morgan fingerprint density at radius 2 is 1.71 bits per heavy atom. The van der Waals surface area contributed by atoms with E-state index in [1.54, 1.807) is 0 Å². The number of benzene rings is 1. The third-order valence-corrected chi connectivity index (χ3v) is 4.31. The second kappa shape index (κ2) is 8.28. The molecule has 1 aromatic rings. The van der Waals surface area contributed by atoms with Crippen molar-refractivity contribution >= 4 is 11.4 Å². The molecule has 1 aromatic carbocycles. The number of hydrogen-bond donors (Lipinski definition) is 2. The predicted octanol–water partition coefficient (Wildman–Crippen LogP) is 3.71. The van der Waals surface area contributed by atoms with Gasteiger partial charge in [0.2, 0.25) is 0 Å². The highest BCUT2D eigenvalue weighted by Crippen LogP contribution is 2.27. The molecule has 1 aliphatic heterocycles. The Morgan fingerprint density at radius 1 is 1.05 bits per heavy atom. The number of piperidine rings is 1. The molecule has 21 heavy (non-hydrogen) atoms. The Bertz CT molecular complexity index is 391. The molecule has 1 saturated heterocycles. The minimum absolute atomic E-state index is 0.800. The first-order chi connectivity index (χ1) is 10.2. The third-order valence-electron chi connectivity index (χ3n) is 4.31. The van der Waals surface area contributed by atoms with Crippen LogP contribution in [-0.2, 0) is 0 Å². The van der Waals surface area contributed by atoms with E-state index in [1.165, 1.54) is 43.7 Å². The van der Waals surface area contributed by atoms with Crippen LogP contribution >= 0.6 is 0 Å². The minimum Gasteiger partial charge on any atom is -0.385 e. The maximum absolute atomic E-state index is 5.50. The molecule has 0 bridgehead atoms. The summed E-state index contributed by atoms with van der Waals surface area (Å²) in [6.45, 7) is 8.95. The van der Waals surface area contributed by atoms with Crippen LogP contribution in [0.5, 0.6) is 0 Å². The molecule has 3 heteroatoms. The topological polar surface area (TPSA) is 41.3 Å². The van der Waals surface area contributed by atoms with Crippen molar-refractivity contribution in [3.05, 3.63) is 24.3 Å². The first-order valence-corrected chi connectivity index (χ1v) is 8.48. The summed E-state index contributed by atoms with van der Waals surface area (Å²) in [6, 6.07) is 8.93. The molecule has 2 rings (SSSR count). The number of unbranched alkanes of at least 4 members (excludes halogenated alkanes) is 2. The van der Waals surface area contributed by atoms with Crippen molar-refractivity contribution < 1.29 is 0 Å². The molecule has 1 fully saturated rings. The molecule has 0 radical (unpaired) electrons. The molecule has 0 aliphatic carbocycles. The Hall–Kier alpha value is -1.22. The lowest BCUT2D eigenvalue weighted by Gasteiger charge is -2.36. The van der Waals surface area contributed by atoms with E-state index in [0.29, 0.717) is 0 Å². The summed E-state index contributed by atoms with van der Waals surface area (Å²) in [6.07, 6.45) is 4.90. The van der Waals surface area contributed by atoms with Crippen molar-refractivity contribution in [2.45, 2.75) is 39.5 Å². The Morgan fingerprint density at radius 3 is 2.33 bits per heavy atom. The molecular weight excluding hydrogens is 258 g/mol. The van der Waals surface area contributed by atoms with Gasteiger partial charge in [0.25, 0.3) is 0 Å². The third kappa shape index (κ3) is 5.24. The highest BCUT2D eigenvalue weighted by atomic mass is 15.1. The molecule has 0 aromatic heterocycles. The summed E-state index contributed by atoms with van der Waals surface area (Å²) >= 11 is 0. The Labute approximate surface area is 129 Å². The molecule has 3 nitrogen and oxygen atoms in total. The number of hydrogen-bond acceptors (Lipinski definition) is 3. The van der Waals surface area contributed by atoms with Crippen molar-refractivity contribution in [1.29, 1.82) is 0 Å². The fourth-order valence-corrected chi connectivity index (χ4v) is 3.34. The van der Waals surface area contributed by atoms with Gasteiger partial charge in [0.1, 0.15) is 0 Å². The van der Waals surface area contributed by atoms with E-state index in [2.05, 4.69) is 48.3 Å². The molecule has 0 unspecified atom stereocenters. The van der Waals surface area contributed by atoms with E-state index in [-0.39, 0.29) is 0 Å². The molecule has 0 amide bonds. The van der Waals surface area contributed by atoms with Crippen LogP contribution in [0, 0.1) is 11.8 Å². The SMILES string of the molecule is C[C@@H]1C[C@@H](C)CN(c2ccc(NCCCCCN)cc2)C1. The molecule has 1 heterocycles. The van der Waals surface area contributed by atoms with E-state index >= 15 is 0 Å². The summed E-state index contributed by atoms with van der Waals surface area (Å²) in [5.74, 6) is 1.60. The fourth-order valence-electron chi connectivity index (χ4n) is 3.34. The number of nitrogens with zero attached hydrogens (tertiary/aromatic N) is 1. The number of nitrogens with two attached hydrogens (primary N) is 1. The zero-order valence-corrected chi connectivity index (χ0v) is 13.6. The van der Waals surface area contributed by atoms with Gasteiger partial charge in [0.15, 0.2) is 0 Å². The first kappa shape index (κ1) is 16.2. The summed E-state index contributed by atoms with van der Waals surface area (Å²) in [4.78, 5) is 2.53. The maximum Gasteiger partial charge on any atom is 0.0367 e. The van der Waals surface area contributed by atoms with Gasteiger partial charge in [0, 0.05) is 31.0 Å². The van der Waals surface area contributed by atoms with E-state index in [1.807, 2.05) is 0 Å². The number of rotatable bonds is 7. The van der Waals surface area contributed by atoms with Gasteiger partial charge in [-0.25, -0.2) is 0 Å². The Kier molecular flexibility index (Phi) is 6.37. The zero-order chi connectivity index (χ0) is 15.1. The van der Waals surface area contributed by atoms with E-state index < -0.39 is 0 Å². The van der Waals surface area contributed by atoms with Crippen LogP contribution in [0.25, 0.3) is 0 Å². The van der Waals surface area contributed by atoms with Crippen LogP contribution < -0.4 is 16.0 Å². The highest BCUT2D eigenvalue weighted by Gasteiger charge is 2.21. The molecule has 1 aliphatic rings. The maximum atomic E-state index is 5.50. The summed E-state index contributed by atoms with van der Waals surface area (Å²) < 4.78 is 0. The van der Waals surface area contributed by atoms with Gasteiger partial charge in [-0.05, 0) is 61.9 Å². The summed E-state index contributed by atoms with van der Waals surface area (Å²) in [5.41, 5.74) is 8.09. The highest BCUT2D eigenvalue weighted by molar-refractivity contribution is 5.55. The Balaban J connectivity index is 1.81. The van der Waals surface area contributed by atoms with E-state index in [9.17, 15) is 0 Å². The predicted molar refractivity (Wildman–Crippen MR) is 93.0 cm³/mol. The lowest BCUT2D eigenvalue weighted by molar-refractivity contribution is 0.357. The quantitative estimate of drug-likeness (QED) is 0.752. The van der Waals surface area contributed by atoms with Gasteiger partial charge >= 0.3 is 0 Å². The van der Waals surface area contributed by atoms with Crippen molar-refractivity contribution in [3.8, 4) is 0 Å². The van der Waals surface area contributed by atoms with Gasteiger partial charge in [-0.15, -0.1) is 0 Å². The van der Waals surface area contributed by atoms with Crippen LogP contribution in [0.2, 0.25) is 0 Å². The minimum atomic E-state index is 0.800. The monoisotopic (exact) mass is 289 g/mol. The smallest absolute Gasteiger partial charge is 0.0367 e. The van der Waals surface area contributed by atoms with Gasteiger partial charge in [-0.1, -0.05) is 20.3 Å². The van der Waals surface area contributed by atoms with Crippen molar-refractivity contribution in [2.75, 3.05) is 36.4 Å². The first-order valence-electron chi connectivity index (χ1n) is 8.48. The van der Waals surface area contributed by atoms with Crippen LogP contribution in [0.4, 0.5) is 11.4 Å². The van der Waals surface area contributed by atoms with Gasteiger partial charge < -0.3 is 16.0 Å². The molecule has 0 spiro atoms. The average Bonchev–Trinajstić information content (AvgIpc) is 2.47. The van der Waals surface area contributed by atoms with E-state index in [4.69, 9.17) is 5.73 Å². The molecule has 2 atom stereocenters. The lowest BCUT2D eigenvalue weighted by atomic mass is 9.91. The van der Waals surface area contributed by atoms with Gasteiger partial charge in [-0.2, -0.15) is 0 Å². The number of nitrogens with one attached hydrogen (secondary N) is 1. The fraction of sp³-hybridized carbons (Fsp3) is 0.667. The van der Waals surface area contributed by atoms with Crippen molar-refractivity contribution in [1.82, 2.24) is 0 Å². The molecule has 3 N–H and O–H groups in total. The van der Waals surface area contributed by atoms with Crippen molar-refractivity contribution in [3.63, 3.8) is 0 Å². The van der Waals surface area contributed by atoms with Crippen LogP contribution in [0.3, 0.4) is 0 Å². The van der Waals surface area contributed by atoms with Crippen molar-refractivity contribution in [2.24, 2.45) is 17.6 Å². The largest absolute Gasteiger partial charge is 0.385 e. The molecule has 0 saturated carbocycles. The van der Waals surface area contributed by atoms with Crippen LogP contribution in [-0.4, -0.2) is 26.2 Å². The normalized spacial score (nSPS) is 22.3. The second-order valence-corrected chi connectivity index (χ2v) is 6.67. The standard InChI is InChI=1S/C18H31N3/c1-15-12-16(2)14-21(13-15)18-8-6-17(7-9-18)20-11-5-3-4-10-19/h6-9,15-16,20H,3-5,10-14,19H2,1-2H3/t15-,16-/m1/s1. The molecular formula is C18H31N3. The van der Waals surface area contributed by atoms with Crippen LogP contribution in [0.15, 0.2) is 24.3 Å². The lowest BCUT2D eigenvalue weighted by Crippen LogP contribution is -2.38. The van der Waals surface area contributed by atoms with Gasteiger partial charge in [0.05, 0.1) is 0 Å². The average molecular weight is 289 g/mol.